The molecule has 6 heteroatoms. The summed E-state index contributed by atoms with van der Waals surface area (Å²) in [5.41, 5.74) is 2.11. The molecule has 1 N–H and O–H groups in total. The Bertz CT molecular complexity index is 575. The number of aromatic nitrogens is 1. The first-order chi connectivity index (χ1) is 9.35. The minimum atomic E-state index is -4.13. The molecule has 0 unspecified atom stereocenters. The maximum absolute atomic E-state index is 12.3. The molecule has 2 aromatic rings. The van der Waals surface area contributed by atoms with E-state index in [4.69, 9.17) is 0 Å². The van der Waals surface area contributed by atoms with Gasteiger partial charge in [0.1, 0.15) is 0 Å². The third-order valence-electron chi connectivity index (χ3n) is 2.97. The van der Waals surface area contributed by atoms with Crippen LogP contribution < -0.4 is 0 Å². The zero-order valence-corrected chi connectivity index (χ0v) is 12.2. The molecule has 20 heavy (non-hydrogen) atoms. The van der Waals surface area contributed by atoms with Crippen LogP contribution in [0.3, 0.4) is 0 Å². The number of likely N-dealkylation sites (N-methyl/N-ethyl adjacent to an activating group) is 1. The standard InChI is InChI=1S/C14H17F3N2S/c1-19(2)6-5-10-8-18-13-4-3-11(7-12(10)13)20-9-14(15,16)17/h3-4,7-8,18H,5-6,9H2,1-2H3. The van der Waals surface area contributed by atoms with Gasteiger partial charge in [0.05, 0.1) is 5.75 Å². The van der Waals surface area contributed by atoms with Crippen LogP contribution in [0.15, 0.2) is 29.3 Å². The van der Waals surface area contributed by atoms with E-state index in [0.29, 0.717) is 4.90 Å². The number of fused-ring (bicyclic) bond motifs is 1. The van der Waals surface area contributed by atoms with Gasteiger partial charge in [-0.3, -0.25) is 0 Å². The molecule has 1 heterocycles. The van der Waals surface area contributed by atoms with Crippen molar-refractivity contribution in [3.63, 3.8) is 0 Å². The summed E-state index contributed by atoms with van der Waals surface area (Å²) in [6.45, 7) is 0.910. The van der Waals surface area contributed by atoms with Crippen molar-refractivity contribution < 1.29 is 13.2 Å². The molecule has 2 nitrogen and oxygen atoms in total. The number of rotatable bonds is 5. The topological polar surface area (TPSA) is 19.0 Å². The fourth-order valence-electron chi connectivity index (χ4n) is 1.96. The Morgan fingerprint density at radius 3 is 2.65 bits per heavy atom. The molecule has 0 saturated heterocycles. The van der Waals surface area contributed by atoms with E-state index in [9.17, 15) is 13.2 Å². The fourth-order valence-corrected chi connectivity index (χ4v) is 2.66. The van der Waals surface area contributed by atoms with Crippen LogP contribution in [-0.2, 0) is 6.42 Å². The number of nitrogens with one attached hydrogen (secondary N) is 1. The second-order valence-electron chi connectivity index (χ2n) is 4.98. The van der Waals surface area contributed by atoms with E-state index in [1.807, 2.05) is 32.4 Å². The summed E-state index contributed by atoms with van der Waals surface area (Å²) in [6, 6.07) is 5.41. The van der Waals surface area contributed by atoms with E-state index < -0.39 is 11.9 Å². The average Bonchev–Trinajstić information content (AvgIpc) is 2.75. The number of benzene rings is 1. The van der Waals surface area contributed by atoms with E-state index in [2.05, 4.69) is 9.88 Å². The van der Waals surface area contributed by atoms with Crippen LogP contribution >= 0.6 is 11.8 Å². The Labute approximate surface area is 120 Å². The molecule has 0 amide bonds. The molecular weight excluding hydrogens is 285 g/mol. The van der Waals surface area contributed by atoms with Gasteiger partial charge in [-0.1, -0.05) is 0 Å². The summed E-state index contributed by atoms with van der Waals surface area (Å²) >= 11 is 0.829. The maximum Gasteiger partial charge on any atom is 0.398 e. The van der Waals surface area contributed by atoms with Crippen molar-refractivity contribution in [2.75, 3.05) is 26.4 Å². The zero-order chi connectivity index (χ0) is 14.8. The Morgan fingerprint density at radius 2 is 2.00 bits per heavy atom. The molecule has 0 radical (unpaired) electrons. The van der Waals surface area contributed by atoms with E-state index in [0.717, 1.165) is 41.2 Å². The van der Waals surface area contributed by atoms with Gasteiger partial charge in [0, 0.05) is 28.5 Å². The highest BCUT2D eigenvalue weighted by atomic mass is 32.2. The van der Waals surface area contributed by atoms with Crippen LogP contribution in [0, 0.1) is 0 Å². The molecule has 0 atom stereocenters. The summed E-state index contributed by atoms with van der Waals surface area (Å²) in [5.74, 6) is -0.851. The summed E-state index contributed by atoms with van der Waals surface area (Å²) < 4.78 is 36.8. The average molecular weight is 302 g/mol. The Morgan fingerprint density at radius 1 is 1.25 bits per heavy atom. The number of hydrogen-bond donors (Lipinski definition) is 1. The summed E-state index contributed by atoms with van der Waals surface area (Å²) in [4.78, 5) is 5.90. The number of H-pyrrole nitrogens is 1. The number of thioether (sulfide) groups is 1. The highest BCUT2D eigenvalue weighted by molar-refractivity contribution is 7.99. The molecule has 1 aromatic carbocycles. The number of alkyl halides is 3. The highest BCUT2D eigenvalue weighted by Crippen LogP contribution is 2.30. The van der Waals surface area contributed by atoms with E-state index >= 15 is 0 Å². The molecule has 0 bridgehead atoms. The number of nitrogens with zero attached hydrogens (tertiary/aromatic N) is 1. The Kier molecular flexibility index (Phi) is 4.65. The van der Waals surface area contributed by atoms with E-state index in [1.54, 1.807) is 6.07 Å². The third kappa shape index (κ3) is 4.18. The van der Waals surface area contributed by atoms with Gasteiger partial charge >= 0.3 is 6.18 Å². The molecule has 2 rings (SSSR count). The largest absolute Gasteiger partial charge is 0.398 e. The number of aromatic amines is 1. The Hall–Kier alpha value is -1.14. The molecule has 0 aliphatic heterocycles. The summed E-state index contributed by atoms with van der Waals surface area (Å²) in [7, 11) is 4.00. The van der Waals surface area contributed by atoms with Gasteiger partial charge in [0.15, 0.2) is 0 Å². The van der Waals surface area contributed by atoms with Crippen LogP contribution in [0.25, 0.3) is 10.9 Å². The predicted molar refractivity (Wildman–Crippen MR) is 77.3 cm³/mol. The molecular formula is C14H17F3N2S. The van der Waals surface area contributed by atoms with Crippen molar-refractivity contribution in [1.29, 1.82) is 0 Å². The van der Waals surface area contributed by atoms with Crippen LogP contribution in [-0.4, -0.2) is 42.5 Å². The SMILES string of the molecule is CN(C)CCc1c[nH]c2ccc(SCC(F)(F)F)cc12. The lowest BCUT2D eigenvalue weighted by molar-refractivity contribution is -0.105. The lowest BCUT2D eigenvalue weighted by atomic mass is 10.1. The first-order valence-corrected chi connectivity index (χ1v) is 7.28. The predicted octanol–water partition coefficient (Wildman–Crippen LogP) is 3.93. The van der Waals surface area contributed by atoms with Crippen molar-refractivity contribution in [3.05, 3.63) is 30.0 Å². The lowest BCUT2D eigenvalue weighted by Crippen LogP contribution is -2.14. The normalized spacial score (nSPS) is 12.5. The fraction of sp³-hybridized carbons (Fsp3) is 0.429. The third-order valence-corrected chi connectivity index (χ3v) is 4.03. The first kappa shape index (κ1) is 15.3. The quantitative estimate of drug-likeness (QED) is 0.844. The minimum absolute atomic E-state index is 0.653. The summed E-state index contributed by atoms with van der Waals surface area (Å²) in [5, 5.41) is 1.01. The van der Waals surface area contributed by atoms with Crippen molar-refractivity contribution in [2.24, 2.45) is 0 Å². The van der Waals surface area contributed by atoms with Crippen molar-refractivity contribution in [1.82, 2.24) is 9.88 Å². The van der Waals surface area contributed by atoms with Gasteiger partial charge < -0.3 is 9.88 Å². The Balaban J connectivity index is 2.16. The second kappa shape index (κ2) is 6.10. The van der Waals surface area contributed by atoms with E-state index in [-0.39, 0.29) is 0 Å². The van der Waals surface area contributed by atoms with Crippen molar-refractivity contribution in [3.8, 4) is 0 Å². The van der Waals surface area contributed by atoms with Crippen LogP contribution in [0.5, 0.6) is 0 Å². The van der Waals surface area contributed by atoms with Gasteiger partial charge in [-0.2, -0.15) is 13.2 Å². The molecule has 0 aliphatic carbocycles. The van der Waals surface area contributed by atoms with Crippen LogP contribution in [0.2, 0.25) is 0 Å². The van der Waals surface area contributed by atoms with Gasteiger partial charge in [-0.15, -0.1) is 11.8 Å². The van der Waals surface area contributed by atoms with Crippen LogP contribution in [0.1, 0.15) is 5.56 Å². The minimum Gasteiger partial charge on any atom is -0.361 e. The lowest BCUT2D eigenvalue weighted by Gasteiger charge is -2.09. The maximum atomic E-state index is 12.3. The monoisotopic (exact) mass is 302 g/mol. The summed E-state index contributed by atoms with van der Waals surface area (Å²) in [6.07, 6.45) is -1.32. The van der Waals surface area contributed by atoms with Crippen LogP contribution in [0.4, 0.5) is 13.2 Å². The van der Waals surface area contributed by atoms with Gasteiger partial charge in [-0.05, 0) is 44.3 Å². The number of hydrogen-bond acceptors (Lipinski definition) is 2. The van der Waals surface area contributed by atoms with Gasteiger partial charge in [-0.25, -0.2) is 0 Å². The van der Waals surface area contributed by atoms with E-state index in [1.165, 1.54) is 0 Å². The zero-order valence-electron chi connectivity index (χ0n) is 11.4. The first-order valence-electron chi connectivity index (χ1n) is 6.29. The highest BCUT2D eigenvalue weighted by Gasteiger charge is 2.27. The molecule has 1 aromatic heterocycles. The van der Waals surface area contributed by atoms with Gasteiger partial charge in [0.2, 0.25) is 0 Å². The molecule has 0 saturated carbocycles. The second-order valence-corrected chi connectivity index (χ2v) is 6.03. The molecule has 0 fully saturated rings. The molecule has 110 valence electrons. The van der Waals surface area contributed by atoms with Gasteiger partial charge in [0.25, 0.3) is 0 Å². The smallest absolute Gasteiger partial charge is 0.361 e. The molecule has 0 spiro atoms. The molecule has 0 aliphatic rings. The number of halogens is 3. The van der Waals surface area contributed by atoms with Crippen molar-refractivity contribution in [2.45, 2.75) is 17.5 Å². The van der Waals surface area contributed by atoms with Crippen molar-refractivity contribution >= 4 is 22.7 Å².